The number of hydrogen-bond donors (Lipinski definition) is 1. The standard InChI is InChI=1S/C13H20N2O2/c1-14-12(16)10-6-2-3-7-11(10)13(17)15-8-4-5-9-15/h2-3,10-11H,4-9H2,1H3,(H,14,16). The maximum Gasteiger partial charge on any atom is 0.226 e. The number of amides is 2. The summed E-state index contributed by atoms with van der Waals surface area (Å²) in [7, 11) is 1.64. The van der Waals surface area contributed by atoms with Gasteiger partial charge in [0.05, 0.1) is 11.8 Å². The maximum absolute atomic E-state index is 12.3. The van der Waals surface area contributed by atoms with Crippen molar-refractivity contribution in [3.05, 3.63) is 12.2 Å². The van der Waals surface area contributed by atoms with Gasteiger partial charge in [0.2, 0.25) is 11.8 Å². The first-order chi connectivity index (χ1) is 8.24. The normalized spacial score (nSPS) is 28.2. The molecule has 2 unspecified atom stereocenters. The van der Waals surface area contributed by atoms with Crippen LogP contribution in [0.4, 0.5) is 0 Å². The van der Waals surface area contributed by atoms with Crippen LogP contribution < -0.4 is 5.32 Å². The molecule has 4 heteroatoms. The van der Waals surface area contributed by atoms with E-state index in [0.29, 0.717) is 12.8 Å². The topological polar surface area (TPSA) is 49.4 Å². The third kappa shape index (κ3) is 2.51. The van der Waals surface area contributed by atoms with Gasteiger partial charge in [0, 0.05) is 20.1 Å². The highest BCUT2D eigenvalue weighted by Crippen LogP contribution is 2.28. The van der Waals surface area contributed by atoms with Crippen molar-refractivity contribution >= 4 is 11.8 Å². The smallest absolute Gasteiger partial charge is 0.226 e. The van der Waals surface area contributed by atoms with Gasteiger partial charge in [0.25, 0.3) is 0 Å². The molecule has 1 aliphatic carbocycles. The fourth-order valence-electron chi connectivity index (χ4n) is 2.73. The molecule has 0 bridgehead atoms. The number of carbonyl (C=O) groups is 2. The Morgan fingerprint density at radius 1 is 1.12 bits per heavy atom. The van der Waals surface area contributed by atoms with Gasteiger partial charge in [-0.3, -0.25) is 9.59 Å². The number of allylic oxidation sites excluding steroid dienone is 2. The van der Waals surface area contributed by atoms with Gasteiger partial charge in [0.15, 0.2) is 0 Å². The van der Waals surface area contributed by atoms with Gasteiger partial charge < -0.3 is 10.2 Å². The number of hydrogen-bond acceptors (Lipinski definition) is 2. The summed E-state index contributed by atoms with van der Waals surface area (Å²) in [6, 6.07) is 0. The summed E-state index contributed by atoms with van der Waals surface area (Å²) in [5.74, 6) is -0.177. The molecule has 17 heavy (non-hydrogen) atoms. The lowest BCUT2D eigenvalue weighted by Gasteiger charge is -2.29. The van der Waals surface area contributed by atoms with E-state index in [-0.39, 0.29) is 23.7 Å². The van der Waals surface area contributed by atoms with Gasteiger partial charge in [-0.05, 0) is 25.7 Å². The van der Waals surface area contributed by atoms with Crippen molar-refractivity contribution in [2.24, 2.45) is 11.8 Å². The Labute approximate surface area is 102 Å². The summed E-state index contributed by atoms with van der Waals surface area (Å²) in [6.07, 6.45) is 7.61. The minimum absolute atomic E-state index is 0.00750. The molecule has 94 valence electrons. The van der Waals surface area contributed by atoms with E-state index in [0.717, 1.165) is 25.9 Å². The van der Waals surface area contributed by atoms with Crippen LogP contribution in [0.1, 0.15) is 25.7 Å². The highest BCUT2D eigenvalue weighted by atomic mass is 16.2. The second-order valence-corrected chi connectivity index (χ2v) is 4.80. The first-order valence-electron chi connectivity index (χ1n) is 6.39. The van der Waals surface area contributed by atoms with Gasteiger partial charge in [-0.15, -0.1) is 0 Å². The van der Waals surface area contributed by atoms with E-state index < -0.39 is 0 Å². The summed E-state index contributed by atoms with van der Waals surface area (Å²) >= 11 is 0. The van der Waals surface area contributed by atoms with Gasteiger partial charge in [0.1, 0.15) is 0 Å². The van der Waals surface area contributed by atoms with E-state index in [2.05, 4.69) is 5.32 Å². The van der Waals surface area contributed by atoms with Gasteiger partial charge in [-0.1, -0.05) is 12.2 Å². The van der Waals surface area contributed by atoms with Crippen LogP contribution in [0.5, 0.6) is 0 Å². The third-order valence-corrected chi connectivity index (χ3v) is 3.75. The van der Waals surface area contributed by atoms with E-state index in [9.17, 15) is 9.59 Å². The lowest BCUT2D eigenvalue weighted by Crippen LogP contribution is -2.43. The molecule has 2 amide bonds. The quantitative estimate of drug-likeness (QED) is 0.725. The number of likely N-dealkylation sites (tertiary alicyclic amines) is 1. The monoisotopic (exact) mass is 236 g/mol. The summed E-state index contributed by atoms with van der Waals surface area (Å²) in [4.78, 5) is 26.0. The molecule has 1 heterocycles. The van der Waals surface area contributed by atoms with Gasteiger partial charge in [-0.2, -0.15) is 0 Å². The Balaban J connectivity index is 2.08. The fourth-order valence-corrected chi connectivity index (χ4v) is 2.73. The molecule has 1 fully saturated rings. The Morgan fingerprint density at radius 2 is 1.71 bits per heavy atom. The molecule has 1 N–H and O–H groups in total. The molecule has 2 atom stereocenters. The molecule has 1 saturated heterocycles. The zero-order valence-corrected chi connectivity index (χ0v) is 10.3. The van der Waals surface area contributed by atoms with Crippen molar-refractivity contribution in [2.45, 2.75) is 25.7 Å². The van der Waals surface area contributed by atoms with Crippen LogP contribution in [0.3, 0.4) is 0 Å². The molecular weight excluding hydrogens is 216 g/mol. The number of nitrogens with one attached hydrogen (secondary N) is 1. The van der Waals surface area contributed by atoms with E-state index >= 15 is 0 Å². The summed E-state index contributed by atoms with van der Waals surface area (Å²) in [5.41, 5.74) is 0. The minimum atomic E-state index is -0.182. The SMILES string of the molecule is CNC(=O)C1CC=CCC1C(=O)N1CCCC1. The molecule has 0 aromatic rings. The van der Waals surface area contributed by atoms with Gasteiger partial charge >= 0.3 is 0 Å². The second-order valence-electron chi connectivity index (χ2n) is 4.80. The Morgan fingerprint density at radius 3 is 2.29 bits per heavy atom. The Kier molecular flexibility index (Phi) is 3.82. The minimum Gasteiger partial charge on any atom is -0.359 e. The van der Waals surface area contributed by atoms with E-state index in [1.807, 2.05) is 17.1 Å². The average molecular weight is 236 g/mol. The number of carbonyl (C=O) groups excluding carboxylic acids is 2. The molecule has 0 radical (unpaired) electrons. The molecular formula is C13H20N2O2. The molecule has 4 nitrogen and oxygen atoms in total. The van der Waals surface area contributed by atoms with Crippen LogP contribution >= 0.6 is 0 Å². The third-order valence-electron chi connectivity index (χ3n) is 3.75. The average Bonchev–Trinajstić information content (AvgIpc) is 2.91. The number of nitrogens with zero attached hydrogens (tertiary/aromatic N) is 1. The number of rotatable bonds is 2. The predicted octanol–water partition coefficient (Wildman–Crippen LogP) is 0.937. The second kappa shape index (κ2) is 5.34. The Hall–Kier alpha value is -1.32. The zero-order chi connectivity index (χ0) is 12.3. The molecule has 0 aromatic heterocycles. The highest BCUT2D eigenvalue weighted by molar-refractivity contribution is 5.88. The van der Waals surface area contributed by atoms with Crippen molar-refractivity contribution in [1.29, 1.82) is 0 Å². The first-order valence-corrected chi connectivity index (χ1v) is 6.39. The van der Waals surface area contributed by atoms with Crippen molar-refractivity contribution in [2.75, 3.05) is 20.1 Å². The largest absolute Gasteiger partial charge is 0.359 e. The Bertz CT molecular complexity index is 332. The van der Waals surface area contributed by atoms with Crippen molar-refractivity contribution in [1.82, 2.24) is 10.2 Å². The fraction of sp³-hybridized carbons (Fsp3) is 0.692. The lowest BCUT2D eigenvalue weighted by atomic mass is 9.81. The molecule has 0 spiro atoms. The molecule has 2 aliphatic rings. The summed E-state index contributed by atoms with van der Waals surface area (Å²) in [5, 5.41) is 2.67. The van der Waals surface area contributed by atoms with E-state index in [1.54, 1.807) is 7.05 Å². The molecule has 1 aliphatic heterocycles. The van der Waals surface area contributed by atoms with Crippen LogP contribution in [0.15, 0.2) is 12.2 Å². The van der Waals surface area contributed by atoms with Crippen molar-refractivity contribution in [3.8, 4) is 0 Å². The summed E-state index contributed by atoms with van der Waals surface area (Å²) in [6.45, 7) is 1.72. The van der Waals surface area contributed by atoms with Crippen LogP contribution in [-0.4, -0.2) is 36.9 Å². The predicted molar refractivity (Wildman–Crippen MR) is 65.2 cm³/mol. The van der Waals surface area contributed by atoms with E-state index in [1.165, 1.54) is 0 Å². The maximum atomic E-state index is 12.3. The van der Waals surface area contributed by atoms with Crippen molar-refractivity contribution in [3.63, 3.8) is 0 Å². The van der Waals surface area contributed by atoms with E-state index in [4.69, 9.17) is 0 Å². The zero-order valence-electron chi connectivity index (χ0n) is 10.3. The lowest BCUT2D eigenvalue weighted by molar-refractivity contribution is -0.141. The first kappa shape index (κ1) is 12.1. The van der Waals surface area contributed by atoms with Crippen LogP contribution in [0, 0.1) is 11.8 Å². The molecule has 0 aromatic carbocycles. The summed E-state index contributed by atoms with van der Waals surface area (Å²) < 4.78 is 0. The molecule has 2 rings (SSSR count). The van der Waals surface area contributed by atoms with Gasteiger partial charge in [-0.25, -0.2) is 0 Å². The van der Waals surface area contributed by atoms with Crippen LogP contribution in [0.2, 0.25) is 0 Å². The molecule has 0 saturated carbocycles. The van der Waals surface area contributed by atoms with Crippen molar-refractivity contribution < 1.29 is 9.59 Å². The van der Waals surface area contributed by atoms with Crippen LogP contribution in [0.25, 0.3) is 0 Å². The highest BCUT2D eigenvalue weighted by Gasteiger charge is 2.36. The van der Waals surface area contributed by atoms with Crippen LogP contribution in [-0.2, 0) is 9.59 Å².